The van der Waals surface area contributed by atoms with Crippen molar-refractivity contribution >= 4 is 34.1 Å². The van der Waals surface area contributed by atoms with Gasteiger partial charge in [-0.15, -0.1) is 0 Å². The highest BCUT2D eigenvalue weighted by Crippen LogP contribution is 2.21. The topological polar surface area (TPSA) is 57.8 Å². The summed E-state index contributed by atoms with van der Waals surface area (Å²) >= 11 is 6.04. The number of aromatic amines is 1. The van der Waals surface area contributed by atoms with Crippen molar-refractivity contribution in [3.63, 3.8) is 0 Å². The van der Waals surface area contributed by atoms with Gasteiger partial charge in [-0.1, -0.05) is 23.7 Å². The Bertz CT molecular complexity index is 795. The van der Waals surface area contributed by atoms with Gasteiger partial charge in [-0.3, -0.25) is 9.89 Å². The average molecular weight is 286 g/mol. The Morgan fingerprint density at radius 1 is 1.25 bits per heavy atom. The second-order valence-corrected chi connectivity index (χ2v) is 5.00. The summed E-state index contributed by atoms with van der Waals surface area (Å²) in [5, 5.41) is 11.2. The minimum Gasteiger partial charge on any atom is -0.322 e. The number of carbonyl (C=O) groups excluding carboxylic acids is 1. The fourth-order valence-electron chi connectivity index (χ4n) is 1.95. The number of nitrogens with one attached hydrogen (secondary N) is 2. The molecular weight excluding hydrogens is 274 g/mol. The molecule has 1 heterocycles. The SMILES string of the molecule is Cc1ccc(NC(=O)c2ccc3cn[nH]c3c2)cc1Cl. The number of fused-ring (bicyclic) bond motifs is 1. The Morgan fingerprint density at radius 3 is 2.90 bits per heavy atom. The van der Waals surface area contributed by atoms with Crippen molar-refractivity contribution < 1.29 is 4.79 Å². The molecule has 0 aliphatic rings. The molecule has 3 aromatic rings. The maximum Gasteiger partial charge on any atom is 0.255 e. The number of halogens is 1. The largest absolute Gasteiger partial charge is 0.322 e. The van der Waals surface area contributed by atoms with Crippen molar-refractivity contribution in [2.75, 3.05) is 5.32 Å². The normalized spacial score (nSPS) is 10.7. The maximum absolute atomic E-state index is 12.2. The van der Waals surface area contributed by atoms with Crippen LogP contribution in [0.3, 0.4) is 0 Å². The summed E-state index contributed by atoms with van der Waals surface area (Å²) in [5.41, 5.74) is 3.05. The Labute approximate surface area is 120 Å². The van der Waals surface area contributed by atoms with Crippen LogP contribution in [0.5, 0.6) is 0 Å². The first-order chi connectivity index (χ1) is 9.63. The molecule has 0 aliphatic carbocycles. The van der Waals surface area contributed by atoms with E-state index in [1.165, 1.54) is 0 Å². The predicted octanol–water partition coefficient (Wildman–Crippen LogP) is 3.78. The number of aryl methyl sites for hydroxylation is 1. The lowest BCUT2D eigenvalue weighted by molar-refractivity contribution is 0.102. The van der Waals surface area contributed by atoms with Gasteiger partial charge in [0.05, 0.1) is 11.7 Å². The average Bonchev–Trinajstić information content (AvgIpc) is 2.90. The van der Waals surface area contributed by atoms with Gasteiger partial charge in [0.25, 0.3) is 5.91 Å². The van der Waals surface area contributed by atoms with E-state index in [9.17, 15) is 4.79 Å². The van der Waals surface area contributed by atoms with Gasteiger partial charge < -0.3 is 5.32 Å². The fraction of sp³-hybridized carbons (Fsp3) is 0.0667. The van der Waals surface area contributed by atoms with E-state index >= 15 is 0 Å². The van der Waals surface area contributed by atoms with E-state index < -0.39 is 0 Å². The molecule has 5 heteroatoms. The summed E-state index contributed by atoms with van der Waals surface area (Å²) in [7, 11) is 0. The van der Waals surface area contributed by atoms with Crippen LogP contribution in [0.25, 0.3) is 10.9 Å². The molecule has 0 bridgehead atoms. The van der Waals surface area contributed by atoms with Crippen molar-refractivity contribution in [3.8, 4) is 0 Å². The van der Waals surface area contributed by atoms with E-state index in [2.05, 4.69) is 15.5 Å². The predicted molar refractivity (Wildman–Crippen MR) is 80.2 cm³/mol. The quantitative estimate of drug-likeness (QED) is 0.753. The number of hydrogen-bond donors (Lipinski definition) is 2. The number of carbonyl (C=O) groups is 1. The summed E-state index contributed by atoms with van der Waals surface area (Å²) in [5.74, 6) is -0.179. The number of benzene rings is 2. The standard InChI is InChI=1S/C15H12ClN3O/c1-9-2-5-12(7-13(9)16)18-15(20)10-3-4-11-8-17-19-14(11)6-10/h2-8H,1H3,(H,17,19)(H,18,20). The molecule has 0 atom stereocenters. The third-order valence-electron chi connectivity index (χ3n) is 3.13. The third-order valence-corrected chi connectivity index (χ3v) is 3.54. The summed E-state index contributed by atoms with van der Waals surface area (Å²) in [6.45, 7) is 1.92. The van der Waals surface area contributed by atoms with Crippen LogP contribution < -0.4 is 5.32 Å². The van der Waals surface area contributed by atoms with Gasteiger partial charge in [-0.25, -0.2) is 0 Å². The van der Waals surface area contributed by atoms with Crippen LogP contribution in [0, 0.1) is 6.92 Å². The first-order valence-electron chi connectivity index (χ1n) is 6.14. The lowest BCUT2D eigenvalue weighted by Crippen LogP contribution is -2.11. The van der Waals surface area contributed by atoms with Crippen molar-refractivity contribution in [1.82, 2.24) is 10.2 Å². The molecule has 0 saturated heterocycles. The lowest BCUT2D eigenvalue weighted by Gasteiger charge is -2.07. The van der Waals surface area contributed by atoms with E-state index in [0.29, 0.717) is 16.3 Å². The minimum atomic E-state index is -0.179. The molecule has 0 unspecified atom stereocenters. The van der Waals surface area contributed by atoms with Crippen LogP contribution in [0.4, 0.5) is 5.69 Å². The summed E-state index contributed by atoms with van der Waals surface area (Å²) in [6, 6.07) is 10.8. The van der Waals surface area contributed by atoms with Crippen molar-refractivity contribution in [3.05, 3.63) is 58.7 Å². The van der Waals surface area contributed by atoms with Gasteiger partial charge in [0.1, 0.15) is 0 Å². The number of anilines is 1. The number of amides is 1. The molecule has 0 spiro atoms. The van der Waals surface area contributed by atoms with Crippen LogP contribution in [-0.4, -0.2) is 16.1 Å². The van der Waals surface area contributed by atoms with E-state index in [1.54, 1.807) is 24.4 Å². The molecule has 0 saturated carbocycles. The molecular formula is C15H12ClN3O. The fourth-order valence-corrected chi connectivity index (χ4v) is 2.13. The molecule has 4 nitrogen and oxygen atoms in total. The summed E-state index contributed by atoms with van der Waals surface area (Å²) in [4.78, 5) is 12.2. The second kappa shape index (κ2) is 4.98. The van der Waals surface area contributed by atoms with Crippen LogP contribution in [0.1, 0.15) is 15.9 Å². The van der Waals surface area contributed by atoms with Gasteiger partial charge in [-0.2, -0.15) is 5.10 Å². The number of nitrogens with zero attached hydrogens (tertiary/aromatic N) is 1. The zero-order valence-electron chi connectivity index (χ0n) is 10.8. The highest BCUT2D eigenvalue weighted by atomic mass is 35.5. The van der Waals surface area contributed by atoms with Crippen LogP contribution in [0.15, 0.2) is 42.6 Å². The second-order valence-electron chi connectivity index (χ2n) is 4.59. The van der Waals surface area contributed by atoms with Crippen LogP contribution >= 0.6 is 11.6 Å². The van der Waals surface area contributed by atoms with E-state index in [0.717, 1.165) is 16.5 Å². The zero-order chi connectivity index (χ0) is 14.1. The number of hydrogen-bond acceptors (Lipinski definition) is 2. The van der Waals surface area contributed by atoms with Crippen LogP contribution in [-0.2, 0) is 0 Å². The van der Waals surface area contributed by atoms with E-state index in [-0.39, 0.29) is 5.91 Å². The molecule has 1 amide bonds. The van der Waals surface area contributed by atoms with E-state index in [1.807, 2.05) is 25.1 Å². The minimum absolute atomic E-state index is 0.179. The molecule has 0 radical (unpaired) electrons. The molecule has 2 N–H and O–H groups in total. The van der Waals surface area contributed by atoms with Crippen LogP contribution in [0.2, 0.25) is 5.02 Å². The number of H-pyrrole nitrogens is 1. The maximum atomic E-state index is 12.2. The molecule has 3 rings (SSSR count). The number of aromatic nitrogens is 2. The molecule has 0 aliphatic heterocycles. The molecule has 100 valence electrons. The van der Waals surface area contributed by atoms with Gasteiger partial charge in [0.2, 0.25) is 0 Å². The highest BCUT2D eigenvalue weighted by Gasteiger charge is 2.08. The zero-order valence-corrected chi connectivity index (χ0v) is 11.5. The molecule has 1 aromatic heterocycles. The first-order valence-corrected chi connectivity index (χ1v) is 6.52. The van der Waals surface area contributed by atoms with Gasteiger partial charge in [-0.05, 0) is 36.8 Å². The third kappa shape index (κ3) is 2.38. The van der Waals surface area contributed by atoms with Crippen molar-refractivity contribution in [2.45, 2.75) is 6.92 Å². The van der Waals surface area contributed by atoms with Gasteiger partial charge in [0, 0.05) is 21.7 Å². The Hall–Kier alpha value is -2.33. The molecule has 20 heavy (non-hydrogen) atoms. The molecule has 0 fully saturated rings. The van der Waals surface area contributed by atoms with E-state index in [4.69, 9.17) is 11.6 Å². The number of rotatable bonds is 2. The molecule has 2 aromatic carbocycles. The Kier molecular flexibility index (Phi) is 3.16. The van der Waals surface area contributed by atoms with Gasteiger partial charge >= 0.3 is 0 Å². The van der Waals surface area contributed by atoms with Crippen molar-refractivity contribution in [2.24, 2.45) is 0 Å². The summed E-state index contributed by atoms with van der Waals surface area (Å²) < 4.78 is 0. The first kappa shape index (κ1) is 12.7. The lowest BCUT2D eigenvalue weighted by atomic mass is 10.1. The monoisotopic (exact) mass is 285 g/mol. The summed E-state index contributed by atoms with van der Waals surface area (Å²) in [6.07, 6.45) is 1.72. The Balaban J connectivity index is 1.86. The Morgan fingerprint density at radius 2 is 2.10 bits per heavy atom. The van der Waals surface area contributed by atoms with Crippen molar-refractivity contribution in [1.29, 1.82) is 0 Å². The highest BCUT2D eigenvalue weighted by molar-refractivity contribution is 6.31. The van der Waals surface area contributed by atoms with Gasteiger partial charge in [0.15, 0.2) is 0 Å². The smallest absolute Gasteiger partial charge is 0.255 e.